The molecule has 114 valence electrons. The molecule has 1 unspecified atom stereocenters. The number of nitrogens with one attached hydrogen (secondary N) is 1. The van der Waals surface area contributed by atoms with E-state index in [0.717, 1.165) is 0 Å². The Balaban J connectivity index is 1.63. The van der Waals surface area contributed by atoms with E-state index in [4.69, 9.17) is 0 Å². The largest absolute Gasteiger partial charge is 0.344 e. The third-order valence-electron chi connectivity index (χ3n) is 4.10. The molecule has 1 aromatic rings. The molecule has 1 aromatic heterocycles. The number of carbonyl (C=O) groups is 1. The molecule has 21 heavy (non-hydrogen) atoms. The molecule has 1 saturated carbocycles. The van der Waals surface area contributed by atoms with Crippen LogP contribution in [0.15, 0.2) is 23.6 Å². The van der Waals surface area contributed by atoms with E-state index in [9.17, 15) is 13.2 Å². The summed E-state index contributed by atoms with van der Waals surface area (Å²) in [5.74, 6) is 0.394. The van der Waals surface area contributed by atoms with Gasteiger partial charge in [-0.3, -0.25) is 4.79 Å². The van der Waals surface area contributed by atoms with Crippen molar-refractivity contribution >= 4 is 27.1 Å². The molecule has 6 heteroatoms. The summed E-state index contributed by atoms with van der Waals surface area (Å²) in [4.78, 5) is 14.1. The van der Waals surface area contributed by atoms with Crippen LogP contribution in [0.25, 0.3) is 0 Å². The number of rotatable bonds is 3. The van der Waals surface area contributed by atoms with Crippen molar-refractivity contribution in [3.8, 4) is 0 Å². The Hall–Kier alpha value is -1.14. The average molecular weight is 325 g/mol. The van der Waals surface area contributed by atoms with Crippen molar-refractivity contribution in [2.24, 2.45) is 0 Å². The van der Waals surface area contributed by atoms with Gasteiger partial charge >= 0.3 is 0 Å². The van der Waals surface area contributed by atoms with Crippen LogP contribution in [0, 0.1) is 0 Å². The van der Waals surface area contributed by atoms with Crippen LogP contribution in [0.1, 0.15) is 52.6 Å². The Morgan fingerprint density at radius 2 is 1.95 bits per heavy atom. The van der Waals surface area contributed by atoms with Crippen LogP contribution in [-0.4, -0.2) is 26.1 Å². The zero-order valence-electron chi connectivity index (χ0n) is 11.7. The minimum Gasteiger partial charge on any atom is -0.344 e. The van der Waals surface area contributed by atoms with Gasteiger partial charge < -0.3 is 5.32 Å². The lowest BCUT2D eigenvalue weighted by molar-refractivity contribution is 0.0952. The third kappa shape index (κ3) is 3.55. The predicted octanol–water partition coefficient (Wildman–Crippen LogP) is 2.84. The van der Waals surface area contributed by atoms with Crippen LogP contribution in [0.5, 0.6) is 0 Å². The first-order chi connectivity index (χ1) is 10.0. The van der Waals surface area contributed by atoms with E-state index in [1.807, 2.05) is 6.07 Å². The highest BCUT2D eigenvalue weighted by Gasteiger charge is 2.24. The normalized spacial score (nSPS) is 25.0. The number of hydrogen-bond donors (Lipinski definition) is 1. The van der Waals surface area contributed by atoms with Gasteiger partial charge in [-0.2, -0.15) is 0 Å². The molecule has 1 amide bonds. The van der Waals surface area contributed by atoms with E-state index in [-0.39, 0.29) is 11.7 Å². The summed E-state index contributed by atoms with van der Waals surface area (Å²) < 4.78 is 22.7. The first-order valence-electron chi connectivity index (χ1n) is 7.35. The molecular formula is C15H19NO3S2. The molecule has 2 heterocycles. The fourth-order valence-electron chi connectivity index (χ4n) is 2.99. The lowest BCUT2D eigenvalue weighted by atomic mass is 9.88. The highest BCUT2D eigenvalue weighted by molar-refractivity contribution is 7.94. The second-order valence-electron chi connectivity index (χ2n) is 5.77. The third-order valence-corrected chi connectivity index (χ3v) is 6.75. The van der Waals surface area contributed by atoms with E-state index < -0.39 is 15.9 Å². The van der Waals surface area contributed by atoms with Crippen molar-refractivity contribution in [1.82, 2.24) is 5.32 Å². The second kappa shape index (κ2) is 5.93. The monoisotopic (exact) mass is 325 g/mol. The molecule has 3 rings (SSSR count). The molecule has 1 aliphatic carbocycles. The quantitative estimate of drug-likeness (QED) is 0.929. The summed E-state index contributed by atoms with van der Waals surface area (Å²) in [5.41, 5.74) is 0. The van der Waals surface area contributed by atoms with Crippen LogP contribution >= 0.6 is 11.3 Å². The maximum Gasteiger partial charge on any atom is 0.261 e. The number of hydrogen-bond acceptors (Lipinski definition) is 4. The summed E-state index contributed by atoms with van der Waals surface area (Å²) in [6.45, 7) is 0. The maximum atomic E-state index is 12.2. The maximum absolute atomic E-state index is 12.2. The fourth-order valence-corrected chi connectivity index (χ4v) is 5.30. The van der Waals surface area contributed by atoms with Crippen molar-refractivity contribution in [2.45, 2.75) is 44.1 Å². The van der Waals surface area contributed by atoms with Gasteiger partial charge in [-0.15, -0.1) is 11.3 Å². The molecule has 1 N–H and O–H groups in total. The highest BCUT2D eigenvalue weighted by atomic mass is 32.2. The first kappa shape index (κ1) is 14.8. The first-order valence-corrected chi connectivity index (χ1v) is 9.88. The summed E-state index contributed by atoms with van der Waals surface area (Å²) >= 11 is 1.55. The van der Waals surface area contributed by atoms with E-state index in [0.29, 0.717) is 10.8 Å². The molecule has 1 atom stereocenters. The summed E-state index contributed by atoms with van der Waals surface area (Å²) in [7, 11) is -3.13. The van der Waals surface area contributed by atoms with E-state index in [1.54, 1.807) is 17.4 Å². The van der Waals surface area contributed by atoms with Gasteiger partial charge in [-0.25, -0.2) is 8.42 Å². The standard InChI is InChI=1S/C15H19NO3S2/c17-15(16-12-8-9-21(18,19)10-12)14-7-6-13(20-14)11-4-2-1-3-5-11/h6-9,11-12H,1-5,10H2,(H,16,17). The molecule has 0 saturated heterocycles. The Labute approximate surface area is 129 Å². The van der Waals surface area contributed by atoms with Crippen molar-refractivity contribution in [3.63, 3.8) is 0 Å². The average Bonchev–Trinajstić information content (AvgIpc) is 3.07. The number of amides is 1. The SMILES string of the molecule is O=C(NC1C=CS(=O)(=O)C1)c1ccc(C2CCCCC2)s1. The Morgan fingerprint density at radius 3 is 2.62 bits per heavy atom. The smallest absolute Gasteiger partial charge is 0.261 e. The molecule has 0 bridgehead atoms. The van der Waals surface area contributed by atoms with Gasteiger partial charge in [0.25, 0.3) is 5.91 Å². The molecule has 1 fully saturated rings. The van der Waals surface area contributed by atoms with Gasteiger partial charge in [0.2, 0.25) is 0 Å². The van der Waals surface area contributed by atoms with Crippen molar-refractivity contribution in [3.05, 3.63) is 33.4 Å². The van der Waals surface area contributed by atoms with Crippen molar-refractivity contribution in [1.29, 1.82) is 0 Å². The zero-order chi connectivity index (χ0) is 14.9. The van der Waals surface area contributed by atoms with Gasteiger partial charge in [0.05, 0.1) is 16.7 Å². The molecule has 1 aliphatic heterocycles. The van der Waals surface area contributed by atoms with Crippen LogP contribution < -0.4 is 5.32 Å². The molecule has 0 radical (unpaired) electrons. The van der Waals surface area contributed by atoms with E-state index in [2.05, 4.69) is 11.4 Å². The van der Waals surface area contributed by atoms with Crippen LogP contribution in [-0.2, 0) is 9.84 Å². The summed E-state index contributed by atoms with van der Waals surface area (Å²) in [5, 5.41) is 3.95. The molecule has 2 aliphatic rings. The van der Waals surface area contributed by atoms with Gasteiger partial charge in [0.15, 0.2) is 9.84 Å². The number of carbonyl (C=O) groups excluding carboxylic acids is 1. The lowest BCUT2D eigenvalue weighted by Crippen LogP contribution is -2.35. The Bertz CT molecular complexity index is 654. The van der Waals surface area contributed by atoms with Crippen LogP contribution in [0.2, 0.25) is 0 Å². The number of sulfone groups is 1. The van der Waals surface area contributed by atoms with E-state index >= 15 is 0 Å². The summed E-state index contributed by atoms with van der Waals surface area (Å²) in [6.07, 6.45) is 7.83. The van der Waals surface area contributed by atoms with Gasteiger partial charge in [0, 0.05) is 10.3 Å². The van der Waals surface area contributed by atoms with Crippen LogP contribution in [0.3, 0.4) is 0 Å². The van der Waals surface area contributed by atoms with Crippen molar-refractivity contribution in [2.75, 3.05) is 5.75 Å². The van der Waals surface area contributed by atoms with Crippen molar-refractivity contribution < 1.29 is 13.2 Å². The predicted molar refractivity (Wildman–Crippen MR) is 84.3 cm³/mol. The molecule has 4 nitrogen and oxygen atoms in total. The lowest BCUT2D eigenvalue weighted by Gasteiger charge is -2.19. The minimum absolute atomic E-state index is 0.0282. The Kier molecular flexibility index (Phi) is 4.17. The fraction of sp³-hybridized carbons (Fsp3) is 0.533. The van der Waals surface area contributed by atoms with Crippen LogP contribution in [0.4, 0.5) is 0 Å². The number of thiophene rings is 1. The van der Waals surface area contributed by atoms with Gasteiger partial charge in [-0.05, 0) is 37.0 Å². The van der Waals surface area contributed by atoms with Gasteiger partial charge in [-0.1, -0.05) is 19.3 Å². The molecule has 0 aromatic carbocycles. The second-order valence-corrected chi connectivity index (χ2v) is 8.82. The molecule has 0 spiro atoms. The zero-order valence-corrected chi connectivity index (χ0v) is 13.4. The molecular weight excluding hydrogens is 306 g/mol. The summed E-state index contributed by atoms with van der Waals surface area (Å²) in [6, 6.07) is 3.51. The minimum atomic E-state index is -3.13. The van der Waals surface area contributed by atoms with Gasteiger partial charge in [0.1, 0.15) is 0 Å². The van der Waals surface area contributed by atoms with E-state index in [1.165, 1.54) is 42.4 Å². The topological polar surface area (TPSA) is 63.2 Å². The Morgan fingerprint density at radius 1 is 1.19 bits per heavy atom. The highest BCUT2D eigenvalue weighted by Crippen LogP contribution is 2.36.